The van der Waals surface area contributed by atoms with Crippen molar-refractivity contribution >= 4 is 18.3 Å². The van der Waals surface area contributed by atoms with Gasteiger partial charge in [0.2, 0.25) is 5.91 Å². The van der Waals surface area contributed by atoms with Crippen LogP contribution >= 0.6 is 12.4 Å². The second kappa shape index (κ2) is 7.55. The number of nitrogens with two attached hydrogens (primary N) is 1. The number of benzene rings is 1. The fourth-order valence-corrected chi connectivity index (χ4v) is 2.38. The molecule has 3 nitrogen and oxygen atoms in total. The molecule has 0 unspecified atom stereocenters. The van der Waals surface area contributed by atoms with E-state index in [4.69, 9.17) is 5.73 Å². The Hall–Kier alpha value is -1.20. The molecule has 0 heterocycles. The fourth-order valence-electron chi connectivity index (χ4n) is 2.38. The summed E-state index contributed by atoms with van der Waals surface area (Å²) in [7, 11) is 0. The molecule has 3 N–H and O–H groups in total. The van der Waals surface area contributed by atoms with Gasteiger partial charge in [-0.1, -0.05) is 6.07 Å². The van der Waals surface area contributed by atoms with Crippen molar-refractivity contribution in [3.8, 4) is 0 Å². The number of carbonyl (C=O) groups is 1. The van der Waals surface area contributed by atoms with E-state index in [1.807, 2.05) is 0 Å². The lowest BCUT2D eigenvalue weighted by molar-refractivity contribution is -0.121. The van der Waals surface area contributed by atoms with Crippen LogP contribution < -0.4 is 11.1 Å². The van der Waals surface area contributed by atoms with Crippen molar-refractivity contribution in [3.63, 3.8) is 0 Å². The first kappa shape index (κ1) is 16.9. The molecule has 1 fully saturated rings. The molecule has 0 spiro atoms. The Labute approximate surface area is 123 Å². The molecule has 0 saturated heterocycles. The molecule has 0 aliphatic heterocycles. The summed E-state index contributed by atoms with van der Waals surface area (Å²) in [5, 5.41) is 2.87. The molecule has 1 aliphatic carbocycles. The zero-order valence-corrected chi connectivity index (χ0v) is 11.9. The third-order valence-electron chi connectivity index (χ3n) is 3.50. The molecular weight excluding hydrogens is 286 g/mol. The molecular formula is C14H19ClF2N2O. The van der Waals surface area contributed by atoms with E-state index >= 15 is 0 Å². The largest absolute Gasteiger partial charge is 0.353 e. The highest BCUT2D eigenvalue weighted by molar-refractivity contribution is 5.85. The van der Waals surface area contributed by atoms with Crippen LogP contribution in [0.1, 0.15) is 31.2 Å². The maximum Gasteiger partial charge on any atom is 0.224 e. The average Bonchev–Trinajstić information content (AvgIpc) is 2.36. The molecule has 0 aromatic heterocycles. The van der Waals surface area contributed by atoms with E-state index in [0.717, 1.165) is 37.8 Å². The third-order valence-corrected chi connectivity index (χ3v) is 3.50. The van der Waals surface area contributed by atoms with Crippen molar-refractivity contribution in [3.05, 3.63) is 35.4 Å². The van der Waals surface area contributed by atoms with E-state index in [2.05, 4.69) is 5.32 Å². The summed E-state index contributed by atoms with van der Waals surface area (Å²) in [4.78, 5) is 11.8. The van der Waals surface area contributed by atoms with E-state index in [9.17, 15) is 13.6 Å². The van der Waals surface area contributed by atoms with Crippen LogP contribution in [0.3, 0.4) is 0 Å². The van der Waals surface area contributed by atoms with Crippen molar-refractivity contribution < 1.29 is 13.6 Å². The molecule has 1 aromatic rings. The van der Waals surface area contributed by atoms with Gasteiger partial charge in [0, 0.05) is 18.2 Å². The number of amides is 1. The number of carbonyl (C=O) groups excluding carboxylic acids is 1. The lowest BCUT2D eigenvalue weighted by Crippen LogP contribution is -2.41. The fraction of sp³-hybridized carbons (Fsp3) is 0.500. The highest BCUT2D eigenvalue weighted by Gasteiger charge is 2.20. The van der Waals surface area contributed by atoms with Crippen LogP contribution in [-0.2, 0) is 11.2 Å². The smallest absolute Gasteiger partial charge is 0.224 e. The first-order valence-corrected chi connectivity index (χ1v) is 6.53. The Morgan fingerprint density at radius 3 is 2.50 bits per heavy atom. The number of rotatable bonds is 3. The van der Waals surface area contributed by atoms with Gasteiger partial charge in [-0.3, -0.25) is 4.79 Å². The summed E-state index contributed by atoms with van der Waals surface area (Å²) in [6, 6.07) is 3.60. The molecule has 1 aromatic carbocycles. The molecule has 2 rings (SSSR count). The van der Waals surface area contributed by atoms with Gasteiger partial charge in [0.1, 0.15) is 11.6 Å². The Morgan fingerprint density at radius 2 is 1.90 bits per heavy atom. The molecule has 0 radical (unpaired) electrons. The SMILES string of the molecule is Cl.NC1CCC(NC(=O)Cc2ccc(F)cc2F)CC1. The topological polar surface area (TPSA) is 55.1 Å². The van der Waals surface area contributed by atoms with Gasteiger partial charge in [-0.05, 0) is 37.3 Å². The molecule has 1 aliphatic rings. The van der Waals surface area contributed by atoms with Crippen LogP contribution in [0.15, 0.2) is 18.2 Å². The Kier molecular flexibility index (Phi) is 6.36. The maximum absolute atomic E-state index is 13.4. The zero-order chi connectivity index (χ0) is 13.8. The second-order valence-corrected chi connectivity index (χ2v) is 5.09. The molecule has 1 amide bonds. The second-order valence-electron chi connectivity index (χ2n) is 5.09. The van der Waals surface area contributed by atoms with E-state index in [0.29, 0.717) is 0 Å². The Bertz CT molecular complexity index is 462. The van der Waals surface area contributed by atoms with Crippen LogP contribution in [0, 0.1) is 11.6 Å². The van der Waals surface area contributed by atoms with Crippen LogP contribution in [0.5, 0.6) is 0 Å². The Morgan fingerprint density at radius 1 is 1.25 bits per heavy atom. The van der Waals surface area contributed by atoms with Crippen molar-refractivity contribution in [2.24, 2.45) is 5.73 Å². The van der Waals surface area contributed by atoms with Gasteiger partial charge in [-0.2, -0.15) is 0 Å². The van der Waals surface area contributed by atoms with Gasteiger partial charge in [-0.25, -0.2) is 8.78 Å². The van der Waals surface area contributed by atoms with E-state index in [1.54, 1.807) is 0 Å². The van der Waals surface area contributed by atoms with Crippen molar-refractivity contribution in [1.82, 2.24) is 5.32 Å². The summed E-state index contributed by atoms with van der Waals surface area (Å²) < 4.78 is 26.1. The van der Waals surface area contributed by atoms with Crippen LogP contribution in [-0.4, -0.2) is 18.0 Å². The van der Waals surface area contributed by atoms with Crippen molar-refractivity contribution in [1.29, 1.82) is 0 Å². The first-order chi connectivity index (χ1) is 9.04. The first-order valence-electron chi connectivity index (χ1n) is 6.53. The number of hydrogen-bond donors (Lipinski definition) is 2. The van der Waals surface area contributed by atoms with Gasteiger partial charge < -0.3 is 11.1 Å². The van der Waals surface area contributed by atoms with Gasteiger partial charge in [0.25, 0.3) is 0 Å². The predicted molar refractivity (Wildman–Crippen MR) is 75.7 cm³/mol. The lowest BCUT2D eigenvalue weighted by atomic mass is 9.91. The molecule has 1 saturated carbocycles. The number of nitrogens with one attached hydrogen (secondary N) is 1. The zero-order valence-electron chi connectivity index (χ0n) is 11.1. The molecule has 20 heavy (non-hydrogen) atoms. The maximum atomic E-state index is 13.4. The molecule has 0 bridgehead atoms. The summed E-state index contributed by atoms with van der Waals surface area (Å²) in [5.74, 6) is -1.55. The summed E-state index contributed by atoms with van der Waals surface area (Å²) in [6.45, 7) is 0. The highest BCUT2D eigenvalue weighted by Crippen LogP contribution is 2.17. The molecule has 0 atom stereocenters. The number of hydrogen-bond acceptors (Lipinski definition) is 2. The minimum absolute atomic E-state index is 0. The molecule has 6 heteroatoms. The summed E-state index contributed by atoms with van der Waals surface area (Å²) in [6.07, 6.45) is 3.46. The predicted octanol–water partition coefficient (Wildman–Crippen LogP) is 2.32. The van der Waals surface area contributed by atoms with E-state index in [-0.39, 0.29) is 42.4 Å². The van der Waals surface area contributed by atoms with E-state index < -0.39 is 11.6 Å². The van der Waals surface area contributed by atoms with Gasteiger partial charge >= 0.3 is 0 Å². The minimum Gasteiger partial charge on any atom is -0.353 e. The monoisotopic (exact) mass is 304 g/mol. The van der Waals surface area contributed by atoms with Gasteiger partial charge in [-0.15, -0.1) is 12.4 Å². The minimum atomic E-state index is -0.680. The van der Waals surface area contributed by atoms with Crippen LogP contribution in [0.4, 0.5) is 8.78 Å². The summed E-state index contributed by atoms with van der Waals surface area (Å²) >= 11 is 0. The van der Waals surface area contributed by atoms with Gasteiger partial charge in [0.05, 0.1) is 6.42 Å². The Balaban J connectivity index is 0.00000200. The quantitative estimate of drug-likeness (QED) is 0.900. The highest BCUT2D eigenvalue weighted by atomic mass is 35.5. The average molecular weight is 305 g/mol. The van der Waals surface area contributed by atoms with Crippen molar-refractivity contribution in [2.75, 3.05) is 0 Å². The normalized spacial score (nSPS) is 21.9. The van der Waals surface area contributed by atoms with Crippen LogP contribution in [0.2, 0.25) is 0 Å². The van der Waals surface area contributed by atoms with E-state index in [1.165, 1.54) is 6.07 Å². The van der Waals surface area contributed by atoms with Gasteiger partial charge in [0.15, 0.2) is 0 Å². The van der Waals surface area contributed by atoms with Crippen LogP contribution in [0.25, 0.3) is 0 Å². The van der Waals surface area contributed by atoms with Crippen molar-refractivity contribution in [2.45, 2.75) is 44.2 Å². The lowest BCUT2D eigenvalue weighted by Gasteiger charge is -2.26. The standard InChI is InChI=1S/C14H18F2N2O.ClH/c15-10-2-1-9(13(16)8-10)7-14(19)18-12-5-3-11(17)4-6-12;/h1-2,8,11-12H,3-7,17H2,(H,18,19);1H. The number of halogens is 3. The summed E-state index contributed by atoms with van der Waals surface area (Å²) in [5.41, 5.74) is 6.00. The third kappa shape index (κ3) is 4.72. The molecule has 112 valence electrons.